The monoisotopic (exact) mass is 298 g/mol. The topological polar surface area (TPSA) is 83.8 Å². The lowest BCUT2D eigenvalue weighted by Gasteiger charge is -2.07. The summed E-state index contributed by atoms with van der Waals surface area (Å²) in [4.78, 5) is 18.7. The lowest BCUT2D eigenvalue weighted by atomic mass is 10.2. The number of anilines is 1. The van der Waals surface area contributed by atoms with Crippen LogP contribution in [0.5, 0.6) is 0 Å². The van der Waals surface area contributed by atoms with Crippen LogP contribution in [-0.2, 0) is 6.42 Å². The van der Waals surface area contributed by atoms with Crippen LogP contribution in [-0.4, -0.2) is 22.4 Å². The molecular formula is C12H12Cl2N4O. The molecule has 1 aromatic carbocycles. The molecule has 1 aromatic heterocycles. The fourth-order valence-electron chi connectivity index (χ4n) is 1.55. The summed E-state index contributed by atoms with van der Waals surface area (Å²) in [6.45, 7) is 0.487. The smallest absolute Gasteiger partial charge is 0.251 e. The van der Waals surface area contributed by atoms with E-state index in [9.17, 15) is 4.79 Å². The Balaban J connectivity index is 1.96. The van der Waals surface area contributed by atoms with Gasteiger partial charge in [0.25, 0.3) is 5.91 Å². The highest BCUT2D eigenvalue weighted by atomic mass is 35.5. The van der Waals surface area contributed by atoms with E-state index in [1.165, 1.54) is 12.1 Å². The van der Waals surface area contributed by atoms with Crippen molar-refractivity contribution in [2.75, 3.05) is 12.3 Å². The van der Waals surface area contributed by atoms with Crippen LogP contribution in [0.4, 0.5) is 5.69 Å². The Morgan fingerprint density at radius 3 is 2.63 bits per heavy atom. The number of nitrogens with zero attached hydrogens (tertiary/aromatic N) is 1. The zero-order valence-electron chi connectivity index (χ0n) is 9.91. The number of carbonyl (C=O) groups is 1. The molecule has 0 spiro atoms. The molecule has 100 valence electrons. The third-order valence-electron chi connectivity index (χ3n) is 2.58. The predicted octanol–water partition coefficient (Wildman–Crippen LogP) is 2.27. The van der Waals surface area contributed by atoms with Gasteiger partial charge in [0, 0.05) is 30.4 Å². The molecule has 0 radical (unpaired) electrons. The fourth-order valence-corrected chi connectivity index (χ4v) is 2.04. The number of amides is 1. The number of benzene rings is 1. The van der Waals surface area contributed by atoms with Gasteiger partial charge >= 0.3 is 0 Å². The molecule has 1 amide bonds. The molecule has 5 nitrogen and oxygen atoms in total. The first-order valence-electron chi connectivity index (χ1n) is 5.58. The van der Waals surface area contributed by atoms with Crippen LogP contribution in [0.15, 0.2) is 24.7 Å². The summed E-state index contributed by atoms with van der Waals surface area (Å²) in [5.41, 5.74) is 7.22. The Morgan fingerprint density at radius 2 is 2.05 bits per heavy atom. The second-order valence-electron chi connectivity index (χ2n) is 3.94. The summed E-state index contributed by atoms with van der Waals surface area (Å²) in [6, 6.07) is 2.99. The second-order valence-corrected chi connectivity index (χ2v) is 4.75. The summed E-state index contributed by atoms with van der Waals surface area (Å²) in [6.07, 6.45) is 3.97. The lowest BCUT2D eigenvalue weighted by molar-refractivity contribution is 0.0954. The first kappa shape index (κ1) is 13.7. The van der Waals surface area contributed by atoms with Gasteiger partial charge in [-0.1, -0.05) is 23.2 Å². The average molecular weight is 299 g/mol. The molecule has 0 saturated heterocycles. The summed E-state index contributed by atoms with van der Waals surface area (Å²) in [5, 5.41) is 3.31. The Morgan fingerprint density at radius 1 is 1.37 bits per heavy atom. The first-order valence-corrected chi connectivity index (χ1v) is 6.33. The van der Waals surface area contributed by atoms with Crippen molar-refractivity contribution in [3.05, 3.63) is 46.0 Å². The normalized spacial score (nSPS) is 10.4. The van der Waals surface area contributed by atoms with Crippen LogP contribution in [0.1, 0.15) is 16.1 Å². The summed E-state index contributed by atoms with van der Waals surface area (Å²) in [5.74, 6) is -0.247. The molecule has 2 rings (SSSR count). The van der Waals surface area contributed by atoms with E-state index >= 15 is 0 Å². The highest BCUT2D eigenvalue weighted by molar-refractivity contribution is 6.39. The highest BCUT2D eigenvalue weighted by Gasteiger charge is 2.10. The molecule has 19 heavy (non-hydrogen) atoms. The third-order valence-corrected chi connectivity index (χ3v) is 3.20. The molecule has 0 bridgehead atoms. The van der Waals surface area contributed by atoms with Gasteiger partial charge in [-0.05, 0) is 12.1 Å². The number of hydrogen-bond donors (Lipinski definition) is 3. The SMILES string of the molecule is Nc1c(Cl)cc(C(=O)NCCc2cnc[nH]2)cc1Cl. The standard InChI is InChI=1S/C12H12Cl2N4O/c13-9-3-7(4-10(14)11(9)15)12(19)17-2-1-8-5-16-6-18-8/h3-6H,1-2,15H2,(H,16,18)(H,17,19). The van der Waals surface area contributed by atoms with Gasteiger partial charge in [-0.2, -0.15) is 0 Å². The van der Waals surface area contributed by atoms with Crippen molar-refractivity contribution >= 4 is 34.8 Å². The molecule has 2 aromatic rings. The van der Waals surface area contributed by atoms with E-state index in [1.54, 1.807) is 12.5 Å². The molecule has 0 aliphatic heterocycles. The maximum absolute atomic E-state index is 11.9. The van der Waals surface area contributed by atoms with E-state index in [2.05, 4.69) is 15.3 Å². The van der Waals surface area contributed by atoms with Gasteiger partial charge < -0.3 is 16.0 Å². The number of aromatic nitrogens is 2. The van der Waals surface area contributed by atoms with E-state index in [0.29, 0.717) is 18.5 Å². The largest absolute Gasteiger partial charge is 0.396 e. The van der Waals surface area contributed by atoms with E-state index in [-0.39, 0.29) is 21.6 Å². The van der Waals surface area contributed by atoms with Gasteiger partial charge in [0.1, 0.15) is 0 Å². The van der Waals surface area contributed by atoms with E-state index in [4.69, 9.17) is 28.9 Å². The second kappa shape index (κ2) is 5.95. The number of rotatable bonds is 4. The van der Waals surface area contributed by atoms with Crippen molar-refractivity contribution in [3.63, 3.8) is 0 Å². The lowest BCUT2D eigenvalue weighted by Crippen LogP contribution is -2.25. The maximum Gasteiger partial charge on any atom is 0.251 e. The molecule has 0 aliphatic carbocycles. The number of imidazole rings is 1. The van der Waals surface area contributed by atoms with E-state index in [1.807, 2.05) is 0 Å². The van der Waals surface area contributed by atoms with E-state index in [0.717, 1.165) is 5.69 Å². The molecule has 4 N–H and O–H groups in total. The minimum Gasteiger partial charge on any atom is -0.396 e. The van der Waals surface area contributed by atoms with Gasteiger partial charge in [-0.3, -0.25) is 4.79 Å². The average Bonchev–Trinajstić information content (AvgIpc) is 2.88. The van der Waals surface area contributed by atoms with Crippen LogP contribution in [0.3, 0.4) is 0 Å². The molecule has 0 unspecified atom stereocenters. The number of nitrogens with two attached hydrogens (primary N) is 1. The van der Waals surface area contributed by atoms with Crippen molar-refractivity contribution in [2.24, 2.45) is 0 Å². The van der Waals surface area contributed by atoms with Gasteiger partial charge in [-0.15, -0.1) is 0 Å². The van der Waals surface area contributed by atoms with Crippen LogP contribution in [0, 0.1) is 0 Å². The van der Waals surface area contributed by atoms with Gasteiger partial charge in [0.05, 0.1) is 22.1 Å². The van der Waals surface area contributed by atoms with Crippen molar-refractivity contribution in [3.8, 4) is 0 Å². The van der Waals surface area contributed by atoms with Crippen LogP contribution in [0.2, 0.25) is 10.0 Å². The van der Waals surface area contributed by atoms with Crippen molar-refractivity contribution in [1.29, 1.82) is 0 Å². The summed E-state index contributed by atoms with van der Waals surface area (Å²) in [7, 11) is 0. The van der Waals surface area contributed by atoms with Crippen LogP contribution in [0.25, 0.3) is 0 Å². The number of carbonyl (C=O) groups excluding carboxylic acids is 1. The highest BCUT2D eigenvalue weighted by Crippen LogP contribution is 2.28. The number of halogens is 2. The first-order chi connectivity index (χ1) is 9.08. The number of H-pyrrole nitrogens is 1. The molecular weight excluding hydrogens is 287 g/mol. The van der Waals surface area contributed by atoms with Gasteiger partial charge in [0.2, 0.25) is 0 Å². The molecule has 0 aliphatic rings. The minimum absolute atomic E-state index is 0.247. The zero-order valence-corrected chi connectivity index (χ0v) is 11.4. The molecule has 1 heterocycles. The Labute approximate surface area is 120 Å². The van der Waals surface area contributed by atoms with Gasteiger partial charge in [-0.25, -0.2) is 4.98 Å². The Bertz CT molecular complexity index is 560. The molecule has 7 heteroatoms. The fraction of sp³-hybridized carbons (Fsp3) is 0.167. The van der Waals surface area contributed by atoms with E-state index < -0.39 is 0 Å². The molecule has 0 atom stereocenters. The number of nitrogens with one attached hydrogen (secondary N) is 2. The molecule has 0 fully saturated rings. The van der Waals surface area contributed by atoms with Crippen LogP contribution < -0.4 is 11.1 Å². The quantitative estimate of drug-likeness (QED) is 0.757. The predicted molar refractivity (Wildman–Crippen MR) is 75.5 cm³/mol. The van der Waals surface area contributed by atoms with Crippen molar-refractivity contribution < 1.29 is 4.79 Å². The minimum atomic E-state index is -0.247. The Hall–Kier alpha value is -1.72. The number of hydrogen-bond acceptors (Lipinski definition) is 3. The zero-order chi connectivity index (χ0) is 13.8. The number of aromatic amines is 1. The molecule has 0 saturated carbocycles. The Kier molecular flexibility index (Phi) is 4.29. The summed E-state index contributed by atoms with van der Waals surface area (Å²) >= 11 is 11.8. The maximum atomic E-state index is 11.9. The summed E-state index contributed by atoms with van der Waals surface area (Å²) < 4.78 is 0. The third kappa shape index (κ3) is 3.39. The van der Waals surface area contributed by atoms with Crippen molar-refractivity contribution in [2.45, 2.75) is 6.42 Å². The number of nitrogen functional groups attached to an aromatic ring is 1. The van der Waals surface area contributed by atoms with Gasteiger partial charge in [0.15, 0.2) is 0 Å². The van der Waals surface area contributed by atoms with Crippen LogP contribution >= 0.6 is 23.2 Å². The van der Waals surface area contributed by atoms with Crippen molar-refractivity contribution in [1.82, 2.24) is 15.3 Å².